The summed E-state index contributed by atoms with van der Waals surface area (Å²) in [5.74, 6) is 1.39. The van der Waals surface area contributed by atoms with Crippen LogP contribution in [0.15, 0.2) is 45.9 Å². The summed E-state index contributed by atoms with van der Waals surface area (Å²) in [6.45, 7) is 0.533. The van der Waals surface area contributed by atoms with Crippen LogP contribution in [0.2, 0.25) is 0 Å². The summed E-state index contributed by atoms with van der Waals surface area (Å²) in [7, 11) is 0. The van der Waals surface area contributed by atoms with Crippen LogP contribution in [0.3, 0.4) is 0 Å². The first kappa shape index (κ1) is 12.2. The number of nitrogens with two attached hydrogens (primary N) is 1. The second-order valence-corrected chi connectivity index (χ2v) is 4.75. The SMILES string of the molecule is NCCc1cc(F)cc(SCc2ccco2)c1. The monoisotopic (exact) mass is 251 g/mol. The minimum absolute atomic E-state index is 0.210. The van der Waals surface area contributed by atoms with Gasteiger partial charge >= 0.3 is 0 Å². The van der Waals surface area contributed by atoms with E-state index in [4.69, 9.17) is 10.2 Å². The minimum Gasteiger partial charge on any atom is -0.468 e. The van der Waals surface area contributed by atoms with Crippen LogP contribution < -0.4 is 5.73 Å². The predicted octanol–water partition coefficient (Wildman–Crippen LogP) is 3.21. The van der Waals surface area contributed by atoms with E-state index in [1.165, 1.54) is 12.1 Å². The average Bonchev–Trinajstić information content (AvgIpc) is 2.79. The van der Waals surface area contributed by atoms with Crippen LogP contribution in [0.4, 0.5) is 4.39 Å². The lowest BCUT2D eigenvalue weighted by atomic mass is 10.1. The molecule has 0 saturated carbocycles. The van der Waals surface area contributed by atoms with E-state index < -0.39 is 0 Å². The molecule has 0 spiro atoms. The van der Waals surface area contributed by atoms with Gasteiger partial charge in [0.2, 0.25) is 0 Å². The van der Waals surface area contributed by atoms with Crippen LogP contribution in [-0.4, -0.2) is 6.54 Å². The van der Waals surface area contributed by atoms with Gasteiger partial charge in [0, 0.05) is 4.90 Å². The molecule has 0 radical (unpaired) electrons. The molecule has 0 aliphatic rings. The smallest absolute Gasteiger partial charge is 0.124 e. The fraction of sp³-hybridized carbons (Fsp3) is 0.231. The van der Waals surface area contributed by atoms with Crippen molar-refractivity contribution in [2.24, 2.45) is 5.73 Å². The Morgan fingerprint density at radius 2 is 2.18 bits per heavy atom. The summed E-state index contributed by atoms with van der Waals surface area (Å²) in [6, 6.07) is 8.80. The Morgan fingerprint density at radius 1 is 1.29 bits per heavy atom. The summed E-state index contributed by atoms with van der Waals surface area (Å²) in [6.07, 6.45) is 2.34. The van der Waals surface area contributed by atoms with Crippen molar-refractivity contribution < 1.29 is 8.81 Å². The Bertz CT molecular complexity index is 470. The molecule has 2 nitrogen and oxygen atoms in total. The molecule has 2 rings (SSSR count). The molecule has 0 fully saturated rings. The Labute approximate surface area is 104 Å². The highest BCUT2D eigenvalue weighted by Crippen LogP contribution is 2.25. The van der Waals surface area contributed by atoms with Gasteiger partial charge in [-0.25, -0.2) is 4.39 Å². The molecule has 17 heavy (non-hydrogen) atoms. The molecule has 0 amide bonds. The van der Waals surface area contributed by atoms with Crippen LogP contribution in [0, 0.1) is 5.82 Å². The van der Waals surface area contributed by atoms with Crippen LogP contribution in [0.1, 0.15) is 11.3 Å². The summed E-state index contributed by atoms with van der Waals surface area (Å²) in [4.78, 5) is 0.907. The number of thioether (sulfide) groups is 1. The molecule has 2 aromatic rings. The van der Waals surface area contributed by atoms with Crippen LogP contribution >= 0.6 is 11.8 Å². The first-order chi connectivity index (χ1) is 8.28. The number of hydrogen-bond donors (Lipinski definition) is 1. The lowest BCUT2D eigenvalue weighted by Gasteiger charge is -2.04. The van der Waals surface area contributed by atoms with Gasteiger partial charge in [-0.3, -0.25) is 0 Å². The van der Waals surface area contributed by atoms with Crippen molar-refractivity contribution in [3.63, 3.8) is 0 Å². The van der Waals surface area contributed by atoms with Gasteiger partial charge in [-0.1, -0.05) is 0 Å². The molecular weight excluding hydrogens is 237 g/mol. The molecule has 1 aromatic carbocycles. The van der Waals surface area contributed by atoms with Crippen molar-refractivity contribution in [2.45, 2.75) is 17.1 Å². The summed E-state index contributed by atoms with van der Waals surface area (Å²) < 4.78 is 18.6. The zero-order valence-electron chi connectivity index (χ0n) is 9.36. The molecule has 0 saturated heterocycles. The van der Waals surface area contributed by atoms with E-state index in [1.807, 2.05) is 18.2 Å². The van der Waals surface area contributed by atoms with Crippen molar-refractivity contribution in [2.75, 3.05) is 6.54 Å². The Hall–Kier alpha value is -1.26. The second kappa shape index (κ2) is 5.89. The van der Waals surface area contributed by atoms with E-state index in [-0.39, 0.29) is 5.82 Å². The second-order valence-electron chi connectivity index (χ2n) is 3.70. The van der Waals surface area contributed by atoms with Crippen molar-refractivity contribution in [1.82, 2.24) is 0 Å². The molecule has 0 unspecified atom stereocenters. The molecule has 0 aliphatic carbocycles. The number of benzene rings is 1. The van der Waals surface area contributed by atoms with E-state index in [2.05, 4.69) is 0 Å². The zero-order chi connectivity index (χ0) is 12.1. The quantitative estimate of drug-likeness (QED) is 0.829. The fourth-order valence-corrected chi connectivity index (χ4v) is 2.47. The normalized spacial score (nSPS) is 10.7. The van der Waals surface area contributed by atoms with E-state index >= 15 is 0 Å². The largest absolute Gasteiger partial charge is 0.468 e. The van der Waals surface area contributed by atoms with Gasteiger partial charge < -0.3 is 10.2 Å². The molecular formula is C13H14FNOS. The molecule has 1 aromatic heterocycles. The highest BCUT2D eigenvalue weighted by molar-refractivity contribution is 7.98. The van der Waals surface area contributed by atoms with Gasteiger partial charge in [-0.15, -0.1) is 11.8 Å². The predicted molar refractivity (Wildman–Crippen MR) is 67.4 cm³/mol. The highest BCUT2D eigenvalue weighted by atomic mass is 32.2. The Kier molecular flexibility index (Phi) is 4.23. The van der Waals surface area contributed by atoms with Gasteiger partial charge in [0.25, 0.3) is 0 Å². The minimum atomic E-state index is -0.210. The van der Waals surface area contributed by atoms with Crippen LogP contribution in [0.5, 0.6) is 0 Å². The fourth-order valence-electron chi connectivity index (χ4n) is 1.56. The van der Waals surface area contributed by atoms with Crippen molar-refractivity contribution >= 4 is 11.8 Å². The molecule has 1 heterocycles. The van der Waals surface area contributed by atoms with Gasteiger partial charge in [0.05, 0.1) is 12.0 Å². The number of hydrogen-bond acceptors (Lipinski definition) is 3. The molecule has 0 bridgehead atoms. The standard InChI is InChI=1S/C13H14FNOS/c14-11-6-10(3-4-15)7-13(8-11)17-9-12-2-1-5-16-12/h1-2,5-8H,3-4,9,15H2. The number of halogens is 1. The summed E-state index contributed by atoms with van der Waals surface area (Å²) in [5.41, 5.74) is 6.41. The first-order valence-corrected chi connectivity index (χ1v) is 6.41. The van der Waals surface area contributed by atoms with Crippen LogP contribution in [0.25, 0.3) is 0 Å². The summed E-state index contributed by atoms with van der Waals surface area (Å²) >= 11 is 1.56. The van der Waals surface area contributed by atoms with Gasteiger partial charge in [0.15, 0.2) is 0 Å². The maximum Gasteiger partial charge on any atom is 0.124 e. The van der Waals surface area contributed by atoms with E-state index in [1.54, 1.807) is 18.0 Å². The van der Waals surface area contributed by atoms with Crippen molar-refractivity contribution in [1.29, 1.82) is 0 Å². The van der Waals surface area contributed by atoms with Crippen LogP contribution in [-0.2, 0) is 12.2 Å². The maximum absolute atomic E-state index is 13.3. The highest BCUT2D eigenvalue weighted by Gasteiger charge is 2.03. The number of rotatable bonds is 5. The molecule has 2 N–H and O–H groups in total. The lowest BCUT2D eigenvalue weighted by molar-refractivity contribution is 0.530. The van der Waals surface area contributed by atoms with Gasteiger partial charge in [-0.05, 0) is 48.9 Å². The first-order valence-electron chi connectivity index (χ1n) is 5.42. The molecule has 90 valence electrons. The third kappa shape index (κ3) is 3.61. The molecule has 0 aliphatic heterocycles. The van der Waals surface area contributed by atoms with Crippen molar-refractivity contribution in [3.8, 4) is 0 Å². The lowest BCUT2D eigenvalue weighted by Crippen LogP contribution is -2.03. The number of furan rings is 1. The summed E-state index contributed by atoms with van der Waals surface area (Å²) in [5, 5.41) is 0. The van der Waals surface area contributed by atoms with Crippen molar-refractivity contribution in [3.05, 3.63) is 53.7 Å². The zero-order valence-corrected chi connectivity index (χ0v) is 10.2. The third-order valence-corrected chi connectivity index (χ3v) is 3.32. The Morgan fingerprint density at radius 3 is 2.88 bits per heavy atom. The maximum atomic E-state index is 13.3. The van der Waals surface area contributed by atoms with E-state index in [0.29, 0.717) is 18.7 Å². The van der Waals surface area contributed by atoms with Gasteiger partial charge in [-0.2, -0.15) is 0 Å². The molecule has 4 heteroatoms. The van der Waals surface area contributed by atoms with E-state index in [9.17, 15) is 4.39 Å². The molecule has 0 atom stereocenters. The average molecular weight is 251 g/mol. The van der Waals surface area contributed by atoms with Gasteiger partial charge in [0.1, 0.15) is 11.6 Å². The topological polar surface area (TPSA) is 39.2 Å². The third-order valence-electron chi connectivity index (χ3n) is 2.33. The van der Waals surface area contributed by atoms with E-state index in [0.717, 1.165) is 16.2 Å². The Balaban J connectivity index is 2.04.